The first kappa shape index (κ1) is 32.8. The average Bonchev–Trinajstić information content (AvgIpc) is 3.44. The number of amides is 1. The van der Waals surface area contributed by atoms with E-state index in [0.29, 0.717) is 12.8 Å². The van der Waals surface area contributed by atoms with Crippen LogP contribution in [0.2, 0.25) is 0 Å². The minimum absolute atomic E-state index is 0.103. The molecule has 8 heteroatoms. The number of carbonyl (C=O) groups excluding carboxylic acids is 3. The second kappa shape index (κ2) is 20.5. The SMILES string of the molecule is CCCCCCCCCCCCCC(C[C@@H]1OC(=O)[C@H]1CCCCCC)OC(=O)[C@H](Cc1cnc[nH]1)NC=O. The maximum atomic E-state index is 13.1. The molecule has 1 unspecified atom stereocenters. The van der Waals surface area contributed by atoms with Crippen molar-refractivity contribution in [3.63, 3.8) is 0 Å². The number of imidazole rings is 1. The normalized spacial score (nSPS) is 18.2. The van der Waals surface area contributed by atoms with Gasteiger partial charge in [-0.25, -0.2) is 9.78 Å². The van der Waals surface area contributed by atoms with Crippen LogP contribution in [0, 0.1) is 5.92 Å². The number of rotatable bonds is 25. The van der Waals surface area contributed by atoms with Crippen LogP contribution in [0.1, 0.15) is 135 Å². The summed E-state index contributed by atoms with van der Waals surface area (Å²) < 4.78 is 11.5. The number of cyclic esters (lactones) is 1. The highest BCUT2D eigenvalue weighted by Crippen LogP contribution is 2.32. The molecule has 1 aromatic rings. The second-order valence-electron chi connectivity index (χ2n) is 11.2. The molecule has 8 nitrogen and oxygen atoms in total. The molecule has 0 aromatic carbocycles. The van der Waals surface area contributed by atoms with E-state index >= 15 is 0 Å². The van der Waals surface area contributed by atoms with Crippen LogP contribution in [0.3, 0.4) is 0 Å². The molecule has 0 radical (unpaired) electrons. The van der Waals surface area contributed by atoms with Crippen molar-refractivity contribution < 1.29 is 23.9 Å². The van der Waals surface area contributed by atoms with Gasteiger partial charge in [0, 0.05) is 24.7 Å². The summed E-state index contributed by atoms with van der Waals surface area (Å²) in [6, 6.07) is -0.795. The van der Waals surface area contributed by atoms with Gasteiger partial charge in [0.25, 0.3) is 0 Å². The molecule has 2 heterocycles. The van der Waals surface area contributed by atoms with Gasteiger partial charge >= 0.3 is 11.9 Å². The molecule has 0 aliphatic carbocycles. The maximum absolute atomic E-state index is 13.1. The highest BCUT2D eigenvalue weighted by molar-refractivity contribution is 5.79. The molecule has 39 heavy (non-hydrogen) atoms. The number of aromatic amines is 1. The summed E-state index contributed by atoms with van der Waals surface area (Å²) in [5.74, 6) is -0.694. The number of hydrogen-bond donors (Lipinski definition) is 2. The largest absolute Gasteiger partial charge is 0.461 e. The molecule has 0 bridgehead atoms. The molecule has 222 valence electrons. The van der Waals surface area contributed by atoms with Crippen molar-refractivity contribution in [2.75, 3.05) is 0 Å². The van der Waals surface area contributed by atoms with Crippen LogP contribution in [0.25, 0.3) is 0 Å². The third kappa shape index (κ3) is 13.5. The molecule has 1 aliphatic heterocycles. The van der Waals surface area contributed by atoms with Crippen molar-refractivity contribution in [3.8, 4) is 0 Å². The number of H-pyrrole nitrogens is 1. The molecule has 1 amide bonds. The molecule has 2 N–H and O–H groups in total. The number of nitrogens with one attached hydrogen (secondary N) is 2. The Morgan fingerprint density at radius 2 is 1.62 bits per heavy atom. The Balaban J connectivity index is 1.83. The van der Waals surface area contributed by atoms with Crippen LogP contribution < -0.4 is 5.32 Å². The number of unbranched alkanes of at least 4 members (excludes halogenated alkanes) is 13. The smallest absolute Gasteiger partial charge is 0.329 e. The number of aromatic nitrogens is 2. The summed E-state index contributed by atoms with van der Waals surface area (Å²) in [5, 5.41) is 2.59. The predicted molar refractivity (Wildman–Crippen MR) is 153 cm³/mol. The van der Waals surface area contributed by atoms with Crippen molar-refractivity contribution >= 4 is 18.3 Å². The number of ether oxygens (including phenoxy) is 2. The van der Waals surface area contributed by atoms with E-state index in [1.807, 2.05) is 0 Å². The molecule has 1 aromatic heterocycles. The first-order valence-corrected chi connectivity index (χ1v) is 15.7. The summed E-state index contributed by atoms with van der Waals surface area (Å²) in [4.78, 5) is 43.3. The molecule has 1 saturated heterocycles. The van der Waals surface area contributed by atoms with Crippen molar-refractivity contribution in [1.82, 2.24) is 15.3 Å². The Labute approximate surface area is 235 Å². The number of carbonyl (C=O) groups is 3. The number of hydrogen-bond acceptors (Lipinski definition) is 6. The zero-order valence-electron chi connectivity index (χ0n) is 24.5. The van der Waals surface area contributed by atoms with Gasteiger partial charge in [0.05, 0.1) is 12.2 Å². The monoisotopic (exact) mass is 547 g/mol. The van der Waals surface area contributed by atoms with Gasteiger partial charge in [-0.15, -0.1) is 0 Å². The van der Waals surface area contributed by atoms with Gasteiger partial charge in [-0.1, -0.05) is 104 Å². The van der Waals surface area contributed by atoms with Gasteiger partial charge in [0.1, 0.15) is 18.2 Å². The van der Waals surface area contributed by atoms with Crippen LogP contribution in [0.5, 0.6) is 0 Å². The molecule has 0 saturated carbocycles. The molecule has 2 rings (SSSR count). The molecule has 1 fully saturated rings. The molecule has 4 atom stereocenters. The predicted octanol–water partition coefficient (Wildman–Crippen LogP) is 6.58. The number of esters is 2. The Morgan fingerprint density at radius 1 is 1.00 bits per heavy atom. The van der Waals surface area contributed by atoms with Crippen molar-refractivity contribution in [1.29, 1.82) is 0 Å². The van der Waals surface area contributed by atoms with E-state index in [1.165, 1.54) is 64.2 Å². The van der Waals surface area contributed by atoms with Gasteiger partial charge in [-0.2, -0.15) is 0 Å². The lowest BCUT2D eigenvalue weighted by atomic mass is 9.86. The van der Waals surface area contributed by atoms with E-state index < -0.39 is 12.0 Å². The van der Waals surface area contributed by atoms with Gasteiger partial charge in [-0.3, -0.25) is 9.59 Å². The van der Waals surface area contributed by atoms with Gasteiger partial charge in [0.15, 0.2) is 0 Å². The average molecular weight is 548 g/mol. The van der Waals surface area contributed by atoms with E-state index in [-0.39, 0.29) is 30.5 Å². The summed E-state index contributed by atoms with van der Waals surface area (Å²) >= 11 is 0. The fraction of sp³-hybridized carbons (Fsp3) is 0.806. The highest BCUT2D eigenvalue weighted by Gasteiger charge is 2.43. The Kier molecular flexibility index (Phi) is 17.3. The zero-order chi connectivity index (χ0) is 28.1. The second-order valence-corrected chi connectivity index (χ2v) is 11.2. The van der Waals surface area contributed by atoms with E-state index in [9.17, 15) is 14.4 Å². The Morgan fingerprint density at radius 3 is 2.18 bits per heavy atom. The third-order valence-corrected chi connectivity index (χ3v) is 7.83. The first-order chi connectivity index (χ1) is 19.1. The van der Waals surface area contributed by atoms with Crippen LogP contribution >= 0.6 is 0 Å². The fourth-order valence-corrected chi connectivity index (χ4v) is 5.38. The lowest BCUT2D eigenvalue weighted by Gasteiger charge is -2.37. The van der Waals surface area contributed by atoms with Gasteiger partial charge < -0.3 is 19.8 Å². The molecule has 0 spiro atoms. The van der Waals surface area contributed by atoms with E-state index in [4.69, 9.17) is 9.47 Å². The van der Waals surface area contributed by atoms with Crippen LogP contribution in [0.15, 0.2) is 12.5 Å². The van der Waals surface area contributed by atoms with Crippen LogP contribution in [0.4, 0.5) is 0 Å². The summed E-state index contributed by atoms with van der Waals surface area (Å²) in [6.45, 7) is 4.42. The summed E-state index contributed by atoms with van der Waals surface area (Å²) in [5.41, 5.74) is 0.744. The van der Waals surface area contributed by atoms with Crippen molar-refractivity contribution in [2.24, 2.45) is 5.92 Å². The Bertz CT molecular complexity index is 785. The molecule has 1 aliphatic rings. The fourth-order valence-electron chi connectivity index (χ4n) is 5.38. The van der Waals surface area contributed by atoms with Gasteiger partial charge in [0.2, 0.25) is 6.41 Å². The molecular weight excluding hydrogens is 494 g/mol. The van der Waals surface area contributed by atoms with Crippen LogP contribution in [-0.2, 0) is 30.3 Å². The highest BCUT2D eigenvalue weighted by atomic mass is 16.6. The molecular formula is C31H53N3O5. The first-order valence-electron chi connectivity index (χ1n) is 15.7. The lowest BCUT2D eigenvalue weighted by molar-refractivity contribution is -0.190. The third-order valence-electron chi connectivity index (χ3n) is 7.83. The van der Waals surface area contributed by atoms with Crippen molar-refractivity contribution in [2.45, 2.75) is 154 Å². The summed E-state index contributed by atoms with van der Waals surface area (Å²) in [7, 11) is 0. The lowest BCUT2D eigenvalue weighted by Crippen LogP contribution is -2.48. The maximum Gasteiger partial charge on any atom is 0.329 e. The van der Waals surface area contributed by atoms with E-state index in [2.05, 4.69) is 29.1 Å². The zero-order valence-corrected chi connectivity index (χ0v) is 24.5. The van der Waals surface area contributed by atoms with Crippen LogP contribution in [-0.4, -0.2) is 46.6 Å². The minimum Gasteiger partial charge on any atom is -0.461 e. The minimum atomic E-state index is -0.795. The van der Waals surface area contributed by atoms with E-state index in [1.54, 1.807) is 12.5 Å². The van der Waals surface area contributed by atoms with Crippen molar-refractivity contribution in [3.05, 3.63) is 18.2 Å². The quantitative estimate of drug-likeness (QED) is 0.0812. The topological polar surface area (TPSA) is 110 Å². The Hall–Kier alpha value is -2.38. The number of nitrogens with zero attached hydrogens (tertiary/aromatic N) is 1. The summed E-state index contributed by atoms with van der Waals surface area (Å²) in [6.07, 6.45) is 23.8. The van der Waals surface area contributed by atoms with E-state index in [0.717, 1.165) is 50.6 Å². The van der Waals surface area contributed by atoms with Gasteiger partial charge in [-0.05, 0) is 19.3 Å². The standard InChI is InChI=1S/C31H53N3O5/c1-3-5-7-9-10-11-12-13-14-15-16-18-26(21-29-27(30(36)39-29)19-17-8-6-4-2)38-31(37)28(34-24-35)20-25-22-32-23-33-25/h22-24,26-29H,3-21H2,1-2H3,(H,32,33)(H,34,35)/t26?,27-,28-,29-/m0/s1.